The van der Waals surface area contributed by atoms with Gasteiger partial charge >= 0.3 is 11.9 Å². The lowest BCUT2D eigenvalue weighted by Gasteiger charge is -2.44. The second kappa shape index (κ2) is 9.51. The Hall–Kier alpha value is -2.58. The number of carbonyl (C=O) groups is 2. The van der Waals surface area contributed by atoms with E-state index < -0.39 is 29.2 Å². The standard InChI is InChI=1S/C31H41NO7/c1-19(2)37-25(33)17-31(11-6-9-29(4,5)39-31)28(34)38-27-20(3)16-30-10-7-12-32(30)13-8-21-14-23-24(36-18-35-23)15-22(21)26(27)30/h14-16,19,26-27H,6-13,17-18H2,1-5H3/t26-,27?,30?,31-/m1/s1. The summed E-state index contributed by atoms with van der Waals surface area (Å²) in [5.41, 5.74) is 1.28. The van der Waals surface area contributed by atoms with Crippen molar-refractivity contribution in [2.45, 2.75) is 114 Å². The zero-order chi connectivity index (χ0) is 27.6. The summed E-state index contributed by atoms with van der Waals surface area (Å²) in [4.78, 5) is 29.7. The Morgan fingerprint density at radius 2 is 1.85 bits per heavy atom. The summed E-state index contributed by atoms with van der Waals surface area (Å²) in [6.45, 7) is 11.8. The molecule has 0 amide bonds. The number of hydrogen-bond donors (Lipinski definition) is 0. The molecule has 0 aromatic heterocycles. The van der Waals surface area contributed by atoms with Crippen molar-refractivity contribution >= 4 is 11.9 Å². The van der Waals surface area contributed by atoms with Crippen LogP contribution < -0.4 is 9.47 Å². The van der Waals surface area contributed by atoms with E-state index in [0.29, 0.717) is 6.42 Å². The van der Waals surface area contributed by atoms with E-state index in [1.165, 1.54) is 5.56 Å². The first-order valence-electron chi connectivity index (χ1n) is 14.5. The predicted octanol–water partition coefficient (Wildman–Crippen LogP) is 4.82. The maximum absolute atomic E-state index is 14.2. The van der Waals surface area contributed by atoms with E-state index in [9.17, 15) is 9.59 Å². The molecule has 5 aliphatic rings. The molecule has 1 aromatic rings. The van der Waals surface area contributed by atoms with E-state index in [1.807, 2.05) is 27.7 Å². The van der Waals surface area contributed by atoms with E-state index in [-0.39, 0.29) is 30.8 Å². The SMILES string of the molecule is CC1=CC23CCCN2CCc2cc4c(cc2[C@@H]3C1OC(=O)[C@]1(CC(=O)OC(C)C)CCCC(C)(C)O1)OCO4. The number of ether oxygens (including phenoxy) is 5. The molecule has 8 heteroatoms. The van der Waals surface area contributed by atoms with Gasteiger partial charge in [-0.05, 0) is 109 Å². The number of nitrogens with zero attached hydrogens (tertiary/aromatic N) is 1. The predicted molar refractivity (Wildman–Crippen MR) is 144 cm³/mol. The van der Waals surface area contributed by atoms with Crippen molar-refractivity contribution in [1.29, 1.82) is 0 Å². The van der Waals surface area contributed by atoms with Crippen LogP contribution in [0.25, 0.3) is 0 Å². The van der Waals surface area contributed by atoms with Crippen LogP contribution in [-0.2, 0) is 30.2 Å². The summed E-state index contributed by atoms with van der Waals surface area (Å²) in [5.74, 6) is 0.537. The molecule has 4 heterocycles. The zero-order valence-electron chi connectivity index (χ0n) is 23.8. The van der Waals surface area contributed by atoms with E-state index >= 15 is 0 Å². The molecule has 0 radical (unpaired) electrons. The van der Waals surface area contributed by atoms with Crippen molar-refractivity contribution in [1.82, 2.24) is 4.90 Å². The smallest absolute Gasteiger partial charge is 0.339 e. The van der Waals surface area contributed by atoms with Gasteiger partial charge in [-0.3, -0.25) is 9.69 Å². The molecule has 1 spiro atoms. The van der Waals surface area contributed by atoms with Crippen LogP contribution in [0.5, 0.6) is 11.5 Å². The van der Waals surface area contributed by atoms with Crippen LogP contribution in [0.3, 0.4) is 0 Å². The van der Waals surface area contributed by atoms with Crippen LogP contribution in [0.2, 0.25) is 0 Å². The lowest BCUT2D eigenvalue weighted by atomic mass is 9.77. The Bertz CT molecular complexity index is 1210. The fourth-order valence-corrected chi connectivity index (χ4v) is 7.73. The van der Waals surface area contributed by atoms with E-state index in [4.69, 9.17) is 23.7 Å². The highest BCUT2D eigenvalue weighted by Crippen LogP contribution is 2.56. The fourth-order valence-electron chi connectivity index (χ4n) is 7.73. The quantitative estimate of drug-likeness (QED) is 0.389. The van der Waals surface area contributed by atoms with Gasteiger partial charge in [0, 0.05) is 12.5 Å². The highest BCUT2D eigenvalue weighted by Gasteiger charge is 2.58. The van der Waals surface area contributed by atoms with Crippen molar-refractivity contribution in [2.75, 3.05) is 19.9 Å². The topological polar surface area (TPSA) is 83.5 Å². The van der Waals surface area contributed by atoms with E-state index in [2.05, 4.69) is 30.0 Å². The monoisotopic (exact) mass is 539 g/mol. The molecular weight excluding hydrogens is 498 g/mol. The third kappa shape index (κ3) is 4.53. The first-order chi connectivity index (χ1) is 18.5. The number of benzene rings is 1. The van der Waals surface area contributed by atoms with Gasteiger partial charge in [0.15, 0.2) is 17.1 Å². The Labute approximate surface area is 230 Å². The van der Waals surface area contributed by atoms with Gasteiger partial charge in [-0.1, -0.05) is 6.08 Å². The fraction of sp³-hybridized carbons (Fsp3) is 0.677. The molecule has 2 fully saturated rings. The number of hydrogen-bond acceptors (Lipinski definition) is 8. The van der Waals surface area contributed by atoms with Gasteiger partial charge in [0.05, 0.1) is 23.7 Å². The Morgan fingerprint density at radius 1 is 1.08 bits per heavy atom. The van der Waals surface area contributed by atoms with Crippen LogP contribution in [0.4, 0.5) is 0 Å². The average Bonchev–Trinajstić information content (AvgIpc) is 3.51. The van der Waals surface area contributed by atoms with Gasteiger partial charge in [-0.2, -0.15) is 0 Å². The third-order valence-corrected chi connectivity index (χ3v) is 9.22. The van der Waals surface area contributed by atoms with Gasteiger partial charge < -0.3 is 23.7 Å². The molecular formula is C31H41NO7. The van der Waals surface area contributed by atoms with Gasteiger partial charge in [0.1, 0.15) is 6.10 Å². The first kappa shape index (κ1) is 26.6. The minimum Gasteiger partial charge on any atom is -0.463 e. The number of carbonyl (C=O) groups excluding carboxylic acids is 2. The molecule has 4 atom stereocenters. The van der Waals surface area contributed by atoms with Crippen molar-refractivity contribution in [2.24, 2.45) is 0 Å². The Balaban J connectivity index is 1.37. The molecule has 2 unspecified atom stereocenters. The molecule has 8 nitrogen and oxygen atoms in total. The molecule has 0 bridgehead atoms. The van der Waals surface area contributed by atoms with E-state index in [0.717, 1.165) is 67.8 Å². The number of fused-ring (bicyclic) bond motifs is 3. The number of rotatable bonds is 5. The van der Waals surface area contributed by atoms with Crippen molar-refractivity contribution in [3.05, 3.63) is 34.9 Å². The average molecular weight is 540 g/mol. The summed E-state index contributed by atoms with van der Waals surface area (Å²) < 4.78 is 29.9. The summed E-state index contributed by atoms with van der Waals surface area (Å²) in [5, 5.41) is 0. The van der Waals surface area contributed by atoms with Crippen molar-refractivity contribution in [3.8, 4) is 11.5 Å². The summed E-state index contributed by atoms with van der Waals surface area (Å²) in [6, 6.07) is 4.21. The van der Waals surface area contributed by atoms with Crippen molar-refractivity contribution in [3.63, 3.8) is 0 Å². The summed E-state index contributed by atoms with van der Waals surface area (Å²) in [7, 11) is 0. The Kier molecular flexibility index (Phi) is 6.50. The molecule has 2 saturated heterocycles. The lowest BCUT2D eigenvalue weighted by molar-refractivity contribution is -0.216. The second-order valence-corrected chi connectivity index (χ2v) is 12.9. The molecule has 1 aliphatic carbocycles. The zero-order valence-corrected chi connectivity index (χ0v) is 23.8. The second-order valence-electron chi connectivity index (χ2n) is 12.9. The maximum atomic E-state index is 14.2. The minimum atomic E-state index is -1.37. The Morgan fingerprint density at radius 3 is 2.59 bits per heavy atom. The maximum Gasteiger partial charge on any atom is 0.339 e. The molecule has 6 rings (SSSR count). The number of esters is 2. The third-order valence-electron chi connectivity index (χ3n) is 9.22. The van der Waals surface area contributed by atoms with Crippen LogP contribution in [-0.4, -0.2) is 65.7 Å². The summed E-state index contributed by atoms with van der Waals surface area (Å²) in [6.07, 6.45) is 6.46. The van der Waals surface area contributed by atoms with Gasteiger partial charge in [-0.15, -0.1) is 0 Å². The van der Waals surface area contributed by atoms with Crippen LogP contribution in [0, 0.1) is 0 Å². The van der Waals surface area contributed by atoms with Crippen LogP contribution in [0.1, 0.15) is 90.2 Å². The van der Waals surface area contributed by atoms with Gasteiger partial charge in [0.25, 0.3) is 0 Å². The van der Waals surface area contributed by atoms with Gasteiger partial charge in [0.2, 0.25) is 6.79 Å². The van der Waals surface area contributed by atoms with Crippen LogP contribution >= 0.6 is 0 Å². The van der Waals surface area contributed by atoms with Crippen LogP contribution in [0.15, 0.2) is 23.8 Å². The van der Waals surface area contributed by atoms with Gasteiger partial charge in [-0.25, -0.2) is 4.79 Å². The van der Waals surface area contributed by atoms with E-state index in [1.54, 1.807) is 0 Å². The summed E-state index contributed by atoms with van der Waals surface area (Å²) >= 11 is 0. The normalized spacial score (nSPS) is 32.6. The van der Waals surface area contributed by atoms with Crippen molar-refractivity contribution < 1.29 is 33.3 Å². The lowest BCUT2D eigenvalue weighted by Crippen LogP contribution is -2.54. The molecule has 212 valence electrons. The highest BCUT2D eigenvalue weighted by molar-refractivity contribution is 5.86. The highest BCUT2D eigenvalue weighted by atomic mass is 16.7. The molecule has 1 aromatic carbocycles. The molecule has 39 heavy (non-hydrogen) atoms. The molecule has 0 saturated carbocycles. The molecule has 0 N–H and O–H groups in total. The largest absolute Gasteiger partial charge is 0.463 e. The molecule has 4 aliphatic heterocycles. The minimum absolute atomic E-state index is 0.0767. The first-order valence-corrected chi connectivity index (χ1v) is 14.5.